The Hall–Kier alpha value is -1.63. The number of amides is 1. The smallest absolute Gasteiger partial charge is 0.257 e. The molecule has 2 rings (SSSR count). The molecule has 0 spiro atoms. The maximum atomic E-state index is 12.4. The topological polar surface area (TPSA) is 50.4 Å². The third-order valence-electron chi connectivity index (χ3n) is 4.07. The van der Waals surface area contributed by atoms with Crippen LogP contribution in [-0.2, 0) is 6.54 Å². The highest BCUT2D eigenvalue weighted by molar-refractivity contribution is 9.10. The number of halogens is 2. The molecule has 0 aliphatic carbocycles. The van der Waals surface area contributed by atoms with Crippen molar-refractivity contribution >= 4 is 50.8 Å². The zero-order chi connectivity index (χ0) is 20.4. The number of rotatable bonds is 9. The first-order chi connectivity index (χ1) is 13.5. The second-order valence-corrected chi connectivity index (χ2v) is 7.95. The van der Waals surface area contributed by atoms with Gasteiger partial charge in [0, 0.05) is 17.1 Å². The lowest BCUT2D eigenvalue weighted by Crippen LogP contribution is -2.38. The molecule has 0 fully saturated rings. The molecule has 2 aromatic rings. The van der Waals surface area contributed by atoms with E-state index in [1.807, 2.05) is 24.3 Å². The van der Waals surface area contributed by atoms with Gasteiger partial charge in [0.25, 0.3) is 5.91 Å². The summed E-state index contributed by atoms with van der Waals surface area (Å²) >= 11 is 14.8. The summed E-state index contributed by atoms with van der Waals surface area (Å²) in [4.78, 5) is 12.4. The van der Waals surface area contributed by atoms with E-state index in [4.69, 9.17) is 28.6 Å². The molecule has 0 heterocycles. The van der Waals surface area contributed by atoms with Crippen molar-refractivity contribution in [1.82, 2.24) is 10.6 Å². The predicted octanol–water partition coefficient (Wildman–Crippen LogP) is 5.87. The van der Waals surface area contributed by atoms with Gasteiger partial charge in [-0.05, 0) is 64.4 Å². The Morgan fingerprint density at radius 3 is 2.68 bits per heavy atom. The van der Waals surface area contributed by atoms with Gasteiger partial charge in [-0.15, -0.1) is 0 Å². The van der Waals surface area contributed by atoms with Crippen LogP contribution in [0.1, 0.15) is 48.5 Å². The molecular formula is C21H24BrClN2O2S. The largest absolute Gasteiger partial charge is 0.492 e. The molecule has 0 saturated heterocycles. The minimum Gasteiger partial charge on any atom is -0.492 e. The normalized spacial score (nSPS) is 10.4. The van der Waals surface area contributed by atoms with Crippen molar-refractivity contribution in [3.8, 4) is 5.75 Å². The number of unbranched alkanes of at least 4 members (excludes halogenated alkanes) is 3. The first kappa shape index (κ1) is 22.7. The highest BCUT2D eigenvalue weighted by Crippen LogP contribution is 2.26. The van der Waals surface area contributed by atoms with Crippen LogP contribution in [0.15, 0.2) is 46.9 Å². The van der Waals surface area contributed by atoms with Crippen LogP contribution in [0.3, 0.4) is 0 Å². The number of carbonyl (C=O) groups is 1. The molecule has 2 N–H and O–H groups in total. The van der Waals surface area contributed by atoms with Crippen LogP contribution >= 0.6 is 39.7 Å². The molecule has 0 atom stereocenters. The van der Waals surface area contributed by atoms with Crippen LogP contribution in [-0.4, -0.2) is 17.6 Å². The number of ether oxygens (including phenoxy) is 1. The average molecular weight is 484 g/mol. The molecule has 28 heavy (non-hydrogen) atoms. The molecule has 7 heteroatoms. The number of benzene rings is 2. The molecule has 0 unspecified atom stereocenters. The second-order valence-electron chi connectivity index (χ2n) is 6.28. The number of thiocarbonyl (C=S) groups is 1. The molecule has 0 aromatic heterocycles. The predicted molar refractivity (Wildman–Crippen MR) is 122 cm³/mol. The zero-order valence-corrected chi connectivity index (χ0v) is 18.9. The highest BCUT2D eigenvalue weighted by atomic mass is 79.9. The van der Waals surface area contributed by atoms with Crippen molar-refractivity contribution in [2.24, 2.45) is 0 Å². The van der Waals surface area contributed by atoms with Gasteiger partial charge >= 0.3 is 0 Å². The maximum Gasteiger partial charge on any atom is 0.257 e. The van der Waals surface area contributed by atoms with Crippen LogP contribution in [0.4, 0.5) is 0 Å². The van der Waals surface area contributed by atoms with Crippen molar-refractivity contribution < 1.29 is 9.53 Å². The minimum atomic E-state index is -0.285. The van der Waals surface area contributed by atoms with E-state index < -0.39 is 0 Å². The Balaban J connectivity index is 1.83. The fraction of sp³-hybridized carbons (Fsp3) is 0.333. The van der Waals surface area contributed by atoms with E-state index in [9.17, 15) is 4.79 Å². The van der Waals surface area contributed by atoms with E-state index in [-0.39, 0.29) is 11.0 Å². The lowest BCUT2D eigenvalue weighted by Gasteiger charge is -2.12. The number of hydrogen-bond donors (Lipinski definition) is 2. The fourth-order valence-corrected chi connectivity index (χ4v) is 3.37. The molecule has 0 bridgehead atoms. The Kier molecular flexibility index (Phi) is 9.75. The van der Waals surface area contributed by atoms with Gasteiger partial charge in [0.05, 0.1) is 11.1 Å². The summed E-state index contributed by atoms with van der Waals surface area (Å²) in [5.41, 5.74) is 1.40. The number of nitrogens with one attached hydrogen (secondary N) is 2. The summed E-state index contributed by atoms with van der Waals surface area (Å²) in [6.07, 6.45) is 4.60. The van der Waals surface area contributed by atoms with Gasteiger partial charge in [-0.1, -0.05) is 56.0 Å². The van der Waals surface area contributed by atoms with Crippen LogP contribution < -0.4 is 15.4 Å². The van der Waals surface area contributed by atoms with E-state index in [1.165, 1.54) is 12.8 Å². The minimum absolute atomic E-state index is 0.247. The summed E-state index contributed by atoms with van der Waals surface area (Å²) in [7, 11) is 0. The summed E-state index contributed by atoms with van der Waals surface area (Å²) in [6, 6.07) is 12.7. The van der Waals surface area contributed by atoms with Crippen LogP contribution in [0.2, 0.25) is 5.02 Å². The van der Waals surface area contributed by atoms with Gasteiger partial charge in [0.15, 0.2) is 5.11 Å². The molecule has 0 aliphatic heterocycles. The Morgan fingerprint density at radius 1 is 1.18 bits per heavy atom. The molecule has 150 valence electrons. The average Bonchev–Trinajstić information content (AvgIpc) is 2.68. The third-order valence-corrected chi connectivity index (χ3v) is 5.31. The van der Waals surface area contributed by atoms with Crippen molar-refractivity contribution in [2.45, 2.75) is 39.2 Å². The molecular weight excluding hydrogens is 460 g/mol. The van der Waals surface area contributed by atoms with Crippen LogP contribution in [0.25, 0.3) is 0 Å². The first-order valence-corrected chi connectivity index (χ1v) is 10.8. The second kappa shape index (κ2) is 12.0. The molecule has 0 aliphatic rings. The van der Waals surface area contributed by atoms with Crippen molar-refractivity contribution in [2.75, 3.05) is 6.61 Å². The molecule has 0 saturated carbocycles. The molecule has 1 amide bonds. The number of carbonyl (C=O) groups excluding carboxylic acids is 1. The Bertz CT molecular complexity index is 817. The Labute approximate surface area is 185 Å². The van der Waals surface area contributed by atoms with Crippen LogP contribution in [0, 0.1) is 0 Å². The third kappa shape index (κ3) is 7.41. The quantitative estimate of drug-likeness (QED) is 0.346. The van der Waals surface area contributed by atoms with Crippen molar-refractivity contribution in [1.29, 1.82) is 0 Å². The summed E-state index contributed by atoms with van der Waals surface area (Å²) in [5, 5.41) is 6.56. The standard InChI is InChI=1S/C21H24BrClN2O2S/c1-2-3-4-7-12-27-19-11-10-15(13-17(19)22)20(26)25-21(28)24-14-16-8-5-6-9-18(16)23/h5-6,8-11,13H,2-4,7,12,14H2,1H3,(H2,24,25,26,28). The number of hydrogen-bond acceptors (Lipinski definition) is 3. The monoisotopic (exact) mass is 482 g/mol. The SMILES string of the molecule is CCCCCCOc1ccc(C(=O)NC(=S)NCc2ccccc2Cl)cc1Br. The van der Waals surface area contributed by atoms with E-state index in [2.05, 4.69) is 33.5 Å². The van der Waals surface area contributed by atoms with Crippen molar-refractivity contribution in [3.63, 3.8) is 0 Å². The lowest BCUT2D eigenvalue weighted by molar-refractivity contribution is 0.0976. The Morgan fingerprint density at radius 2 is 1.96 bits per heavy atom. The molecule has 4 nitrogen and oxygen atoms in total. The van der Waals surface area contributed by atoms with Crippen molar-refractivity contribution in [3.05, 3.63) is 63.1 Å². The van der Waals surface area contributed by atoms with Gasteiger partial charge in [0.1, 0.15) is 5.75 Å². The van der Waals surface area contributed by atoms with Gasteiger partial charge in [-0.2, -0.15) is 0 Å². The lowest BCUT2D eigenvalue weighted by atomic mass is 10.2. The molecule has 2 aromatic carbocycles. The van der Waals surface area contributed by atoms with Gasteiger partial charge in [0.2, 0.25) is 0 Å². The first-order valence-electron chi connectivity index (χ1n) is 9.26. The van der Waals surface area contributed by atoms with E-state index in [1.54, 1.807) is 18.2 Å². The maximum absolute atomic E-state index is 12.4. The van der Waals surface area contributed by atoms with Gasteiger partial charge in [-0.25, -0.2) is 0 Å². The highest BCUT2D eigenvalue weighted by Gasteiger charge is 2.11. The summed E-state index contributed by atoms with van der Waals surface area (Å²) in [5.74, 6) is 0.444. The summed E-state index contributed by atoms with van der Waals surface area (Å²) in [6.45, 7) is 3.28. The molecule has 0 radical (unpaired) electrons. The van der Waals surface area contributed by atoms with E-state index in [0.29, 0.717) is 23.7 Å². The van der Waals surface area contributed by atoms with Gasteiger partial charge < -0.3 is 10.1 Å². The van der Waals surface area contributed by atoms with E-state index in [0.717, 1.165) is 28.6 Å². The fourth-order valence-electron chi connectivity index (χ4n) is 2.51. The van der Waals surface area contributed by atoms with Gasteiger partial charge in [-0.3, -0.25) is 10.1 Å². The zero-order valence-electron chi connectivity index (χ0n) is 15.8. The van der Waals surface area contributed by atoms with Crippen LogP contribution in [0.5, 0.6) is 5.75 Å². The summed E-state index contributed by atoms with van der Waals surface area (Å²) < 4.78 is 6.51. The van der Waals surface area contributed by atoms with E-state index >= 15 is 0 Å².